The Labute approximate surface area is 133 Å². The molecule has 3 nitrogen and oxygen atoms in total. The highest BCUT2D eigenvalue weighted by Crippen LogP contribution is 2.43. The number of rotatable bonds is 6. The van der Waals surface area contributed by atoms with Crippen LogP contribution in [-0.4, -0.2) is 29.0 Å². The molecule has 1 aromatic carbocycles. The van der Waals surface area contributed by atoms with Crippen LogP contribution in [0.25, 0.3) is 0 Å². The van der Waals surface area contributed by atoms with Gasteiger partial charge in [0.05, 0.1) is 12.2 Å². The summed E-state index contributed by atoms with van der Waals surface area (Å²) in [5.74, 6) is 1.93. The summed E-state index contributed by atoms with van der Waals surface area (Å²) in [6.45, 7) is 0.980. The van der Waals surface area contributed by atoms with Crippen molar-refractivity contribution in [2.75, 3.05) is 11.9 Å². The van der Waals surface area contributed by atoms with Crippen LogP contribution in [0.2, 0.25) is 0 Å². The zero-order valence-electron chi connectivity index (χ0n) is 13.3. The van der Waals surface area contributed by atoms with Gasteiger partial charge in [0.25, 0.3) is 0 Å². The minimum atomic E-state index is -0.0964. The summed E-state index contributed by atoms with van der Waals surface area (Å²) in [6.07, 6.45) is 7.11. The van der Waals surface area contributed by atoms with E-state index in [0.717, 1.165) is 51.5 Å². The zero-order valence-corrected chi connectivity index (χ0v) is 13.3. The van der Waals surface area contributed by atoms with Gasteiger partial charge in [-0.2, -0.15) is 0 Å². The van der Waals surface area contributed by atoms with Crippen molar-refractivity contribution in [2.24, 2.45) is 17.8 Å². The topological polar surface area (TPSA) is 52.5 Å². The number of benzene rings is 1. The summed E-state index contributed by atoms with van der Waals surface area (Å²) >= 11 is 0. The molecule has 0 saturated heterocycles. The van der Waals surface area contributed by atoms with Crippen LogP contribution >= 0.6 is 0 Å². The van der Waals surface area contributed by atoms with E-state index in [1.807, 2.05) is 6.07 Å². The van der Waals surface area contributed by atoms with Crippen LogP contribution < -0.4 is 5.32 Å². The van der Waals surface area contributed by atoms with Crippen LogP contribution in [0, 0.1) is 17.8 Å². The first kappa shape index (κ1) is 15.8. The van der Waals surface area contributed by atoms with Crippen molar-refractivity contribution in [2.45, 2.75) is 57.2 Å². The molecule has 122 valence electrons. The van der Waals surface area contributed by atoms with Gasteiger partial charge in [-0.15, -0.1) is 0 Å². The van der Waals surface area contributed by atoms with Gasteiger partial charge in [-0.05, 0) is 74.8 Å². The molecule has 4 atom stereocenters. The third kappa shape index (κ3) is 4.02. The molecule has 3 N–H and O–H groups in total. The SMILES string of the molecule is OC1CCC(C(CCNc2ccccc2)C2CCC(O)C2)C1. The van der Waals surface area contributed by atoms with E-state index in [-0.39, 0.29) is 12.2 Å². The average molecular weight is 303 g/mol. The number of para-hydroxylation sites is 1. The molecule has 0 bridgehead atoms. The normalized spacial score (nSPS) is 33.0. The van der Waals surface area contributed by atoms with Crippen LogP contribution in [0.15, 0.2) is 30.3 Å². The number of hydrogen-bond donors (Lipinski definition) is 3. The van der Waals surface area contributed by atoms with Gasteiger partial charge in [0, 0.05) is 12.2 Å². The smallest absolute Gasteiger partial charge is 0.0543 e. The van der Waals surface area contributed by atoms with Crippen molar-refractivity contribution < 1.29 is 10.2 Å². The largest absolute Gasteiger partial charge is 0.393 e. The Morgan fingerprint density at radius 3 is 2.00 bits per heavy atom. The van der Waals surface area contributed by atoms with Crippen LogP contribution in [0.1, 0.15) is 44.9 Å². The van der Waals surface area contributed by atoms with Crippen LogP contribution in [0.4, 0.5) is 5.69 Å². The molecule has 0 radical (unpaired) electrons. The molecule has 2 fully saturated rings. The highest BCUT2D eigenvalue weighted by atomic mass is 16.3. The summed E-state index contributed by atoms with van der Waals surface area (Å²) in [5.41, 5.74) is 1.18. The van der Waals surface area contributed by atoms with E-state index in [0.29, 0.717) is 17.8 Å². The Morgan fingerprint density at radius 1 is 0.909 bits per heavy atom. The molecular weight excluding hydrogens is 274 g/mol. The second-order valence-corrected chi connectivity index (χ2v) is 7.20. The van der Waals surface area contributed by atoms with E-state index in [1.54, 1.807) is 0 Å². The van der Waals surface area contributed by atoms with Gasteiger partial charge in [-0.3, -0.25) is 0 Å². The number of aliphatic hydroxyl groups is 2. The number of hydrogen-bond acceptors (Lipinski definition) is 3. The van der Waals surface area contributed by atoms with Gasteiger partial charge >= 0.3 is 0 Å². The fourth-order valence-electron chi connectivity index (χ4n) is 4.56. The van der Waals surface area contributed by atoms with Crippen LogP contribution in [0.5, 0.6) is 0 Å². The molecule has 3 rings (SSSR count). The lowest BCUT2D eigenvalue weighted by Crippen LogP contribution is -2.24. The average Bonchev–Trinajstić information content (AvgIpc) is 3.14. The van der Waals surface area contributed by atoms with Crippen molar-refractivity contribution in [3.05, 3.63) is 30.3 Å². The Balaban J connectivity index is 1.56. The maximum absolute atomic E-state index is 9.88. The molecule has 3 heteroatoms. The minimum Gasteiger partial charge on any atom is -0.393 e. The zero-order chi connectivity index (χ0) is 15.4. The first-order valence-electron chi connectivity index (χ1n) is 8.87. The molecule has 2 aliphatic rings. The Morgan fingerprint density at radius 2 is 1.50 bits per heavy atom. The second-order valence-electron chi connectivity index (χ2n) is 7.20. The molecular formula is C19H29NO2. The number of nitrogens with one attached hydrogen (secondary N) is 1. The predicted octanol–water partition coefficient (Wildman–Crippen LogP) is 3.43. The third-order valence-electron chi connectivity index (χ3n) is 5.68. The van der Waals surface area contributed by atoms with Crippen LogP contribution in [-0.2, 0) is 0 Å². The summed E-state index contributed by atoms with van der Waals surface area (Å²) in [4.78, 5) is 0. The van der Waals surface area contributed by atoms with E-state index in [4.69, 9.17) is 0 Å². The molecule has 0 aromatic heterocycles. The van der Waals surface area contributed by atoms with Crippen molar-refractivity contribution in [1.29, 1.82) is 0 Å². The maximum atomic E-state index is 9.88. The number of anilines is 1. The molecule has 22 heavy (non-hydrogen) atoms. The van der Waals surface area contributed by atoms with Gasteiger partial charge in [0.15, 0.2) is 0 Å². The summed E-state index contributed by atoms with van der Waals surface area (Å²) in [6, 6.07) is 10.4. The van der Waals surface area contributed by atoms with E-state index in [1.165, 1.54) is 5.69 Å². The standard InChI is InChI=1S/C19H29NO2/c21-17-8-6-14(12-17)19(15-7-9-18(22)13-15)10-11-20-16-4-2-1-3-5-16/h1-5,14-15,17-22H,6-13H2. The fourth-order valence-corrected chi connectivity index (χ4v) is 4.56. The van der Waals surface area contributed by atoms with Gasteiger partial charge in [-0.25, -0.2) is 0 Å². The molecule has 0 spiro atoms. The summed E-state index contributed by atoms with van der Waals surface area (Å²) < 4.78 is 0. The van der Waals surface area contributed by atoms with E-state index in [2.05, 4.69) is 29.6 Å². The van der Waals surface area contributed by atoms with E-state index in [9.17, 15) is 10.2 Å². The Kier molecular flexibility index (Phi) is 5.37. The third-order valence-corrected chi connectivity index (χ3v) is 5.68. The van der Waals surface area contributed by atoms with E-state index >= 15 is 0 Å². The molecule has 4 unspecified atom stereocenters. The first-order valence-corrected chi connectivity index (χ1v) is 8.87. The first-order chi connectivity index (χ1) is 10.7. The molecule has 0 heterocycles. The minimum absolute atomic E-state index is 0.0964. The lowest BCUT2D eigenvalue weighted by atomic mass is 9.77. The highest BCUT2D eigenvalue weighted by molar-refractivity contribution is 5.42. The fraction of sp³-hybridized carbons (Fsp3) is 0.684. The molecule has 0 amide bonds. The van der Waals surface area contributed by atoms with Crippen molar-refractivity contribution in [1.82, 2.24) is 0 Å². The molecule has 0 aliphatic heterocycles. The second kappa shape index (κ2) is 7.47. The predicted molar refractivity (Wildman–Crippen MR) is 89.7 cm³/mol. The van der Waals surface area contributed by atoms with Gasteiger partial charge < -0.3 is 15.5 Å². The Bertz CT molecular complexity index is 430. The van der Waals surface area contributed by atoms with Crippen LogP contribution in [0.3, 0.4) is 0 Å². The Hall–Kier alpha value is -1.06. The molecule has 2 aliphatic carbocycles. The molecule has 2 saturated carbocycles. The van der Waals surface area contributed by atoms with Gasteiger partial charge in [0.2, 0.25) is 0 Å². The lowest BCUT2D eigenvalue weighted by Gasteiger charge is -2.29. The lowest BCUT2D eigenvalue weighted by molar-refractivity contribution is 0.142. The van der Waals surface area contributed by atoms with Crippen molar-refractivity contribution in [3.8, 4) is 0 Å². The molecule has 1 aromatic rings. The van der Waals surface area contributed by atoms with E-state index < -0.39 is 0 Å². The van der Waals surface area contributed by atoms with Gasteiger partial charge in [-0.1, -0.05) is 18.2 Å². The quantitative estimate of drug-likeness (QED) is 0.754. The highest BCUT2D eigenvalue weighted by Gasteiger charge is 2.37. The summed E-state index contributed by atoms with van der Waals surface area (Å²) in [7, 11) is 0. The monoisotopic (exact) mass is 303 g/mol. The number of aliphatic hydroxyl groups excluding tert-OH is 2. The van der Waals surface area contributed by atoms with Crippen molar-refractivity contribution >= 4 is 5.69 Å². The van der Waals surface area contributed by atoms with Gasteiger partial charge in [0.1, 0.15) is 0 Å². The summed E-state index contributed by atoms with van der Waals surface area (Å²) in [5, 5.41) is 23.3. The van der Waals surface area contributed by atoms with Crippen molar-refractivity contribution in [3.63, 3.8) is 0 Å². The maximum Gasteiger partial charge on any atom is 0.0543 e.